The van der Waals surface area contributed by atoms with E-state index in [0.717, 1.165) is 31.2 Å². The average molecular weight is 372 g/mol. The van der Waals surface area contributed by atoms with Crippen molar-refractivity contribution in [3.63, 3.8) is 0 Å². The minimum absolute atomic E-state index is 0.144. The van der Waals surface area contributed by atoms with Crippen molar-refractivity contribution in [3.05, 3.63) is 60.4 Å². The normalized spacial score (nSPS) is 16.4. The number of halogens is 2. The Hall–Kier alpha value is -3.00. The molecule has 1 fully saturated rings. The van der Waals surface area contributed by atoms with E-state index < -0.39 is 11.6 Å². The summed E-state index contributed by atoms with van der Waals surface area (Å²) in [5.41, 5.74) is 0.990. The van der Waals surface area contributed by atoms with Crippen LogP contribution in [0.1, 0.15) is 12.8 Å². The lowest BCUT2D eigenvalue weighted by Crippen LogP contribution is -2.16. The van der Waals surface area contributed by atoms with Gasteiger partial charge in [0.25, 0.3) is 0 Å². The maximum atomic E-state index is 13.4. The molecule has 3 aromatic rings. The largest absolute Gasteiger partial charge is 0.491 e. The Balaban J connectivity index is 1.43. The van der Waals surface area contributed by atoms with Gasteiger partial charge in [-0.3, -0.25) is 0 Å². The fourth-order valence-electron chi connectivity index (χ4n) is 2.87. The Morgan fingerprint density at radius 2 is 2.04 bits per heavy atom. The number of aromatic nitrogens is 3. The first kappa shape index (κ1) is 17.4. The highest BCUT2D eigenvalue weighted by Gasteiger charge is 2.16. The molecule has 8 heteroatoms. The van der Waals surface area contributed by atoms with Crippen LogP contribution < -0.4 is 10.1 Å². The van der Waals surface area contributed by atoms with Crippen molar-refractivity contribution < 1.29 is 18.3 Å². The van der Waals surface area contributed by atoms with E-state index in [0.29, 0.717) is 18.3 Å². The van der Waals surface area contributed by atoms with Crippen LogP contribution in [0.5, 0.6) is 5.75 Å². The molecule has 1 atom stereocenters. The number of benzene rings is 2. The summed E-state index contributed by atoms with van der Waals surface area (Å²) < 4.78 is 39.3. The van der Waals surface area contributed by atoms with Crippen LogP contribution in [0.4, 0.5) is 20.4 Å². The van der Waals surface area contributed by atoms with Crippen LogP contribution in [-0.4, -0.2) is 34.1 Å². The molecule has 0 radical (unpaired) electrons. The molecule has 1 saturated heterocycles. The number of ether oxygens (including phenoxy) is 2. The van der Waals surface area contributed by atoms with Crippen LogP contribution >= 0.6 is 0 Å². The topological polar surface area (TPSA) is 61.2 Å². The van der Waals surface area contributed by atoms with Gasteiger partial charge in [-0.25, -0.2) is 13.5 Å². The summed E-state index contributed by atoms with van der Waals surface area (Å²) >= 11 is 0. The minimum atomic E-state index is -0.675. The van der Waals surface area contributed by atoms with E-state index in [4.69, 9.17) is 9.47 Å². The summed E-state index contributed by atoms with van der Waals surface area (Å²) in [5.74, 6) is -0.338. The van der Waals surface area contributed by atoms with Gasteiger partial charge in [0.2, 0.25) is 5.95 Å². The summed E-state index contributed by atoms with van der Waals surface area (Å²) in [6.45, 7) is 1.31. The number of rotatable bonds is 6. The van der Waals surface area contributed by atoms with Gasteiger partial charge in [-0.1, -0.05) is 6.07 Å². The molecule has 4 rings (SSSR count). The highest BCUT2D eigenvalue weighted by Crippen LogP contribution is 2.22. The van der Waals surface area contributed by atoms with Gasteiger partial charge in [-0.15, -0.1) is 5.10 Å². The molecular weight excluding hydrogens is 354 g/mol. The van der Waals surface area contributed by atoms with Crippen molar-refractivity contribution in [2.24, 2.45) is 0 Å². The zero-order valence-electron chi connectivity index (χ0n) is 14.4. The molecule has 0 saturated carbocycles. The van der Waals surface area contributed by atoms with Gasteiger partial charge in [0.05, 0.1) is 11.8 Å². The zero-order valence-corrected chi connectivity index (χ0v) is 14.4. The molecule has 1 N–H and O–H groups in total. The maximum absolute atomic E-state index is 13.4. The zero-order chi connectivity index (χ0) is 18.6. The minimum Gasteiger partial charge on any atom is -0.491 e. The first-order valence-electron chi connectivity index (χ1n) is 8.65. The second-order valence-corrected chi connectivity index (χ2v) is 6.24. The Labute approximate surface area is 154 Å². The van der Waals surface area contributed by atoms with Gasteiger partial charge in [0.15, 0.2) is 0 Å². The molecule has 1 aliphatic rings. The van der Waals surface area contributed by atoms with E-state index in [1.165, 1.54) is 23.1 Å². The first-order chi connectivity index (χ1) is 13.2. The quantitative estimate of drug-likeness (QED) is 0.712. The number of hydrogen-bond donors (Lipinski definition) is 1. The number of nitrogens with one attached hydrogen (secondary N) is 1. The standard InChI is InChI=1S/C19H18F2N4O2/c20-13-7-14(21)9-16(8-13)25-12-22-19(24-25)23-15-3-1-4-17(10-15)27-11-18-5-2-6-26-18/h1,3-4,7-10,12,18H,2,5-6,11H2,(H,23,24). The van der Waals surface area contributed by atoms with E-state index in [1.807, 2.05) is 24.3 Å². The summed E-state index contributed by atoms with van der Waals surface area (Å²) in [6.07, 6.45) is 3.61. The van der Waals surface area contributed by atoms with E-state index in [-0.39, 0.29) is 11.8 Å². The molecule has 1 aliphatic heterocycles. The van der Waals surface area contributed by atoms with Crippen LogP contribution in [0.2, 0.25) is 0 Å². The molecule has 0 amide bonds. The molecule has 2 aromatic carbocycles. The Bertz CT molecular complexity index is 905. The van der Waals surface area contributed by atoms with Crippen molar-refractivity contribution in [3.8, 4) is 11.4 Å². The smallest absolute Gasteiger partial charge is 0.246 e. The predicted molar refractivity (Wildman–Crippen MR) is 95.5 cm³/mol. The monoisotopic (exact) mass is 372 g/mol. The SMILES string of the molecule is Fc1cc(F)cc(-n2cnc(Nc3cccc(OCC4CCCO4)c3)n2)c1. The second kappa shape index (κ2) is 7.71. The summed E-state index contributed by atoms with van der Waals surface area (Å²) in [4.78, 5) is 4.12. The molecule has 2 heterocycles. The van der Waals surface area contributed by atoms with Gasteiger partial charge in [-0.2, -0.15) is 4.98 Å². The molecule has 140 valence electrons. The molecule has 0 bridgehead atoms. The number of hydrogen-bond acceptors (Lipinski definition) is 5. The van der Waals surface area contributed by atoms with Crippen LogP contribution in [0, 0.1) is 11.6 Å². The Morgan fingerprint density at radius 1 is 1.19 bits per heavy atom. The summed E-state index contributed by atoms with van der Waals surface area (Å²) in [5, 5.41) is 7.25. The van der Waals surface area contributed by atoms with Gasteiger partial charge < -0.3 is 14.8 Å². The Morgan fingerprint density at radius 3 is 2.81 bits per heavy atom. The van der Waals surface area contributed by atoms with E-state index in [9.17, 15) is 8.78 Å². The predicted octanol–water partition coefficient (Wildman–Crippen LogP) is 3.85. The molecule has 27 heavy (non-hydrogen) atoms. The van der Waals surface area contributed by atoms with Crippen molar-refractivity contribution in [2.75, 3.05) is 18.5 Å². The first-order valence-corrected chi connectivity index (χ1v) is 8.65. The molecule has 1 aromatic heterocycles. The molecule has 0 aliphatic carbocycles. The van der Waals surface area contributed by atoms with E-state index >= 15 is 0 Å². The number of nitrogens with zero attached hydrogens (tertiary/aromatic N) is 3. The molecular formula is C19H18F2N4O2. The summed E-state index contributed by atoms with van der Waals surface area (Å²) in [6, 6.07) is 10.6. The van der Waals surface area contributed by atoms with Crippen LogP contribution in [0.3, 0.4) is 0 Å². The highest BCUT2D eigenvalue weighted by atomic mass is 19.1. The van der Waals surface area contributed by atoms with Crippen molar-refractivity contribution >= 4 is 11.6 Å². The molecule has 1 unspecified atom stereocenters. The van der Waals surface area contributed by atoms with Crippen molar-refractivity contribution in [1.29, 1.82) is 0 Å². The maximum Gasteiger partial charge on any atom is 0.246 e. The van der Waals surface area contributed by atoms with Crippen LogP contribution in [-0.2, 0) is 4.74 Å². The summed E-state index contributed by atoms with van der Waals surface area (Å²) in [7, 11) is 0. The lowest BCUT2D eigenvalue weighted by Gasteiger charge is -2.12. The van der Waals surface area contributed by atoms with E-state index in [1.54, 1.807) is 0 Å². The highest BCUT2D eigenvalue weighted by molar-refractivity contribution is 5.55. The second-order valence-electron chi connectivity index (χ2n) is 6.24. The Kier molecular flexibility index (Phi) is 4.97. The van der Waals surface area contributed by atoms with E-state index in [2.05, 4.69) is 15.4 Å². The number of anilines is 2. The molecule has 0 spiro atoms. The fourth-order valence-corrected chi connectivity index (χ4v) is 2.87. The molecule has 6 nitrogen and oxygen atoms in total. The third-order valence-corrected chi connectivity index (χ3v) is 4.15. The lowest BCUT2D eigenvalue weighted by molar-refractivity contribution is 0.0680. The lowest BCUT2D eigenvalue weighted by atomic mass is 10.2. The van der Waals surface area contributed by atoms with Gasteiger partial charge in [0.1, 0.15) is 30.3 Å². The van der Waals surface area contributed by atoms with Gasteiger partial charge in [0, 0.05) is 24.4 Å². The van der Waals surface area contributed by atoms with Gasteiger partial charge in [-0.05, 0) is 37.1 Å². The van der Waals surface area contributed by atoms with Gasteiger partial charge >= 0.3 is 0 Å². The van der Waals surface area contributed by atoms with Crippen LogP contribution in [0.25, 0.3) is 5.69 Å². The average Bonchev–Trinajstić information content (AvgIpc) is 3.31. The van der Waals surface area contributed by atoms with Crippen LogP contribution in [0.15, 0.2) is 48.8 Å². The third-order valence-electron chi connectivity index (χ3n) is 4.15. The third kappa shape index (κ3) is 4.40. The van der Waals surface area contributed by atoms with Crippen molar-refractivity contribution in [2.45, 2.75) is 18.9 Å². The fraction of sp³-hybridized carbons (Fsp3) is 0.263. The van der Waals surface area contributed by atoms with Crippen molar-refractivity contribution in [1.82, 2.24) is 14.8 Å².